The van der Waals surface area contributed by atoms with Gasteiger partial charge in [-0.1, -0.05) is 30.3 Å². The molecule has 1 heterocycles. The van der Waals surface area contributed by atoms with Gasteiger partial charge >= 0.3 is 5.97 Å². The van der Waals surface area contributed by atoms with Crippen LogP contribution in [0.4, 0.5) is 0 Å². The van der Waals surface area contributed by atoms with Crippen LogP contribution in [-0.4, -0.2) is 84.0 Å². The molecule has 0 aliphatic carbocycles. The summed E-state index contributed by atoms with van der Waals surface area (Å²) in [6.45, 7) is 0.972. The molecular formula is C25H39N7O5S. The zero-order valence-corrected chi connectivity index (χ0v) is 22.5. The van der Waals surface area contributed by atoms with Crippen molar-refractivity contribution in [3.63, 3.8) is 0 Å². The normalized spacial score (nSPS) is 17.0. The molecule has 38 heavy (non-hydrogen) atoms. The van der Waals surface area contributed by atoms with E-state index in [4.69, 9.17) is 11.5 Å². The second kappa shape index (κ2) is 16.5. The van der Waals surface area contributed by atoms with Gasteiger partial charge in [0.15, 0.2) is 5.96 Å². The summed E-state index contributed by atoms with van der Waals surface area (Å²) in [4.78, 5) is 54.9. The number of hydrogen-bond acceptors (Lipinski definition) is 7. The third-order valence-electron chi connectivity index (χ3n) is 6.10. The van der Waals surface area contributed by atoms with Crippen molar-refractivity contribution in [2.24, 2.45) is 16.5 Å². The van der Waals surface area contributed by atoms with Crippen LogP contribution >= 0.6 is 11.8 Å². The molecule has 9 N–H and O–H groups in total. The number of rotatable bonds is 16. The van der Waals surface area contributed by atoms with Crippen molar-refractivity contribution < 1.29 is 24.3 Å². The molecule has 1 aromatic rings. The standard InChI is InChI=1S/C25H39N7O5S/c1-38-14-11-19(31-21(33)17-9-5-12-28-17)23(35)30-18(10-6-13-29-25(26)27)22(34)32-20(24(36)37)15-16-7-3-2-4-8-16/h2-4,7-8,17-20,28H,5-6,9-15H2,1H3,(H,30,35)(H,31,33)(H,32,34)(H,36,37)(H4,26,27,29). The number of benzene rings is 1. The summed E-state index contributed by atoms with van der Waals surface area (Å²) in [5.41, 5.74) is 11.5. The Balaban J connectivity index is 2.13. The molecule has 1 fully saturated rings. The van der Waals surface area contributed by atoms with E-state index in [0.717, 1.165) is 18.5 Å². The number of nitrogens with two attached hydrogens (primary N) is 2. The average molecular weight is 550 g/mol. The maximum atomic E-state index is 13.2. The highest BCUT2D eigenvalue weighted by Crippen LogP contribution is 2.09. The number of aliphatic imine (C=N–C) groups is 1. The molecule has 2 rings (SSSR count). The Kier molecular flexibility index (Phi) is 13.4. The van der Waals surface area contributed by atoms with Gasteiger partial charge in [0, 0.05) is 13.0 Å². The predicted octanol–water partition coefficient (Wildman–Crippen LogP) is -0.673. The summed E-state index contributed by atoms with van der Waals surface area (Å²) in [6, 6.07) is 5.49. The first kappa shape index (κ1) is 30.9. The van der Waals surface area contributed by atoms with Crippen molar-refractivity contribution in [1.82, 2.24) is 21.3 Å². The molecule has 0 bridgehead atoms. The molecule has 3 amide bonds. The van der Waals surface area contributed by atoms with Crippen LogP contribution in [0.2, 0.25) is 0 Å². The maximum absolute atomic E-state index is 13.2. The smallest absolute Gasteiger partial charge is 0.326 e. The highest BCUT2D eigenvalue weighted by Gasteiger charge is 2.31. The summed E-state index contributed by atoms with van der Waals surface area (Å²) in [6.07, 6.45) is 4.45. The van der Waals surface area contributed by atoms with Gasteiger partial charge in [-0.05, 0) is 56.2 Å². The number of carboxylic acids is 1. The summed E-state index contributed by atoms with van der Waals surface area (Å²) in [5.74, 6) is -2.07. The Morgan fingerprint density at radius 1 is 1.05 bits per heavy atom. The SMILES string of the molecule is CSCCC(NC(=O)C1CCCN1)C(=O)NC(CCCN=C(N)N)C(=O)NC(Cc1ccccc1)C(=O)O. The van der Waals surface area contributed by atoms with E-state index in [-0.39, 0.29) is 37.3 Å². The zero-order valence-electron chi connectivity index (χ0n) is 21.7. The summed E-state index contributed by atoms with van der Waals surface area (Å²) < 4.78 is 0. The first-order valence-corrected chi connectivity index (χ1v) is 14.1. The van der Waals surface area contributed by atoms with Crippen molar-refractivity contribution >= 4 is 41.4 Å². The van der Waals surface area contributed by atoms with E-state index in [1.807, 2.05) is 12.3 Å². The minimum Gasteiger partial charge on any atom is -0.480 e. The Bertz CT molecular complexity index is 953. The first-order valence-electron chi connectivity index (χ1n) is 12.7. The van der Waals surface area contributed by atoms with E-state index in [1.54, 1.807) is 24.3 Å². The summed E-state index contributed by atoms with van der Waals surface area (Å²) >= 11 is 1.53. The molecule has 12 nitrogen and oxygen atoms in total. The molecular weight excluding hydrogens is 510 g/mol. The van der Waals surface area contributed by atoms with E-state index >= 15 is 0 Å². The van der Waals surface area contributed by atoms with Crippen molar-refractivity contribution in [3.05, 3.63) is 35.9 Å². The predicted molar refractivity (Wildman–Crippen MR) is 148 cm³/mol. The van der Waals surface area contributed by atoms with Gasteiger partial charge in [-0.15, -0.1) is 0 Å². The molecule has 4 unspecified atom stereocenters. The van der Waals surface area contributed by atoms with Gasteiger partial charge in [0.1, 0.15) is 18.1 Å². The van der Waals surface area contributed by atoms with E-state index in [9.17, 15) is 24.3 Å². The van der Waals surface area contributed by atoms with Gasteiger partial charge in [-0.25, -0.2) is 4.79 Å². The summed E-state index contributed by atoms with van der Waals surface area (Å²) in [7, 11) is 0. The van der Waals surface area contributed by atoms with E-state index in [0.29, 0.717) is 25.0 Å². The van der Waals surface area contributed by atoms with Crippen molar-refractivity contribution in [2.45, 2.75) is 62.7 Å². The van der Waals surface area contributed by atoms with Crippen LogP contribution in [0, 0.1) is 0 Å². The lowest BCUT2D eigenvalue weighted by molar-refractivity contribution is -0.142. The number of carboxylic acid groups (broad SMARTS) is 1. The molecule has 4 atom stereocenters. The number of nitrogens with zero attached hydrogens (tertiary/aromatic N) is 1. The van der Waals surface area contributed by atoms with Crippen molar-refractivity contribution in [2.75, 3.05) is 25.1 Å². The van der Waals surface area contributed by atoms with E-state index in [1.165, 1.54) is 11.8 Å². The molecule has 0 aromatic heterocycles. The number of thioether (sulfide) groups is 1. The molecule has 13 heteroatoms. The molecule has 0 radical (unpaired) electrons. The first-order chi connectivity index (χ1) is 18.2. The second-order valence-electron chi connectivity index (χ2n) is 9.09. The lowest BCUT2D eigenvalue weighted by Crippen LogP contribution is -2.57. The van der Waals surface area contributed by atoms with Gasteiger partial charge in [0.2, 0.25) is 17.7 Å². The van der Waals surface area contributed by atoms with Crippen LogP contribution in [0.1, 0.15) is 37.7 Å². The summed E-state index contributed by atoms with van der Waals surface area (Å²) in [5, 5.41) is 20.9. The number of carbonyl (C=O) groups excluding carboxylic acids is 3. The van der Waals surface area contributed by atoms with Crippen molar-refractivity contribution in [1.29, 1.82) is 0 Å². The van der Waals surface area contributed by atoms with E-state index < -0.39 is 35.9 Å². The fraction of sp³-hybridized carbons (Fsp3) is 0.560. The molecule has 1 aliphatic rings. The maximum Gasteiger partial charge on any atom is 0.326 e. The minimum absolute atomic E-state index is 0.0807. The number of nitrogens with one attached hydrogen (secondary N) is 4. The molecule has 1 aromatic carbocycles. The topological polar surface area (TPSA) is 201 Å². The number of carbonyl (C=O) groups is 4. The molecule has 1 aliphatic heterocycles. The lowest BCUT2D eigenvalue weighted by Gasteiger charge is -2.25. The Labute approximate surface area is 227 Å². The monoisotopic (exact) mass is 549 g/mol. The Morgan fingerprint density at radius 2 is 1.71 bits per heavy atom. The number of amides is 3. The molecule has 0 saturated carbocycles. The van der Waals surface area contributed by atoms with E-state index in [2.05, 4.69) is 26.3 Å². The highest BCUT2D eigenvalue weighted by atomic mass is 32.2. The average Bonchev–Trinajstić information content (AvgIpc) is 3.43. The lowest BCUT2D eigenvalue weighted by atomic mass is 10.0. The number of hydrogen-bond donors (Lipinski definition) is 7. The van der Waals surface area contributed by atoms with Crippen LogP contribution in [-0.2, 0) is 25.6 Å². The number of guanidine groups is 1. The fourth-order valence-electron chi connectivity index (χ4n) is 4.05. The van der Waals surface area contributed by atoms with Gasteiger partial charge in [0.25, 0.3) is 0 Å². The Hall–Kier alpha value is -3.32. The third kappa shape index (κ3) is 11.0. The minimum atomic E-state index is -1.19. The van der Waals surface area contributed by atoms with Gasteiger partial charge in [0.05, 0.1) is 6.04 Å². The van der Waals surface area contributed by atoms with Crippen LogP contribution in [0.15, 0.2) is 35.3 Å². The fourth-order valence-corrected chi connectivity index (χ4v) is 4.52. The number of aliphatic carboxylic acids is 1. The van der Waals surface area contributed by atoms with Crippen LogP contribution in [0.25, 0.3) is 0 Å². The zero-order chi connectivity index (χ0) is 27.9. The highest BCUT2D eigenvalue weighted by molar-refractivity contribution is 7.98. The van der Waals surface area contributed by atoms with Gasteiger partial charge in [-0.3, -0.25) is 19.4 Å². The van der Waals surface area contributed by atoms with Crippen molar-refractivity contribution in [3.8, 4) is 0 Å². The van der Waals surface area contributed by atoms with Gasteiger partial charge < -0.3 is 37.8 Å². The molecule has 1 saturated heterocycles. The quantitative estimate of drug-likeness (QED) is 0.0793. The molecule has 0 spiro atoms. The molecule has 210 valence electrons. The van der Waals surface area contributed by atoms with Crippen LogP contribution in [0.3, 0.4) is 0 Å². The second-order valence-corrected chi connectivity index (χ2v) is 10.1. The van der Waals surface area contributed by atoms with Crippen LogP contribution in [0.5, 0.6) is 0 Å². The van der Waals surface area contributed by atoms with Crippen LogP contribution < -0.4 is 32.7 Å². The largest absolute Gasteiger partial charge is 0.480 e. The van der Waals surface area contributed by atoms with Gasteiger partial charge in [-0.2, -0.15) is 11.8 Å². The third-order valence-corrected chi connectivity index (χ3v) is 6.74. The Morgan fingerprint density at radius 3 is 2.29 bits per heavy atom.